The van der Waals surface area contributed by atoms with E-state index in [1.54, 1.807) is 11.3 Å². The van der Waals surface area contributed by atoms with E-state index in [9.17, 15) is 9.59 Å². The molecule has 6 nitrogen and oxygen atoms in total. The lowest BCUT2D eigenvalue weighted by Crippen LogP contribution is -2.34. The molecule has 1 amide bonds. The van der Waals surface area contributed by atoms with Crippen molar-refractivity contribution in [1.29, 1.82) is 0 Å². The van der Waals surface area contributed by atoms with E-state index >= 15 is 0 Å². The second-order valence-electron chi connectivity index (χ2n) is 7.52. The maximum atomic E-state index is 11.8. The van der Waals surface area contributed by atoms with Crippen LogP contribution in [0.25, 0.3) is 10.2 Å². The lowest BCUT2D eigenvalue weighted by atomic mass is 10.1. The van der Waals surface area contributed by atoms with Crippen LogP contribution in [0.1, 0.15) is 18.4 Å². The minimum Gasteiger partial charge on any atom is -0.491 e. The smallest absolute Gasteiger partial charge is 0.287 e. The molecule has 2 aromatic carbocycles. The number of benzene rings is 2. The summed E-state index contributed by atoms with van der Waals surface area (Å²) in [4.78, 5) is 30.2. The van der Waals surface area contributed by atoms with E-state index in [4.69, 9.17) is 9.72 Å². The van der Waals surface area contributed by atoms with Crippen LogP contribution in [-0.2, 0) is 11.2 Å². The molecule has 3 heterocycles. The van der Waals surface area contributed by atoms with Crippen LogP contribution in [0, 0.1) is 0 Å². The summed E-state index contributed by atoms with van der Waals surface area (Å²) >= 11 is 2.49. The van der Waals surface area contributed by atoms with E-state index < -0.39 is 6.04 Å². The number of para-hydroxylation sites is 1. The molecule has 8 heteroatoms. The highest BCUT2D eigenvalue weighted by Crippen LogP contribution is 2.33. The number of hydrogen-bond donors (Lipinski definition) is 1. The van der Waals surface area contributed by atoms with Crippen molar-refractivity contribution in [2.45, 2.75) is 31.3 Å². The van der Waals surface area contributed by atoms with Gasteiger partial charge in [-0.2, -0.15) is 0 Å². The zero-order valence-corrected chi connectivity index (χ0v) is 17.9. The monoisotopic (exact) mass is 439 g/mol. The SMILES string of the molecule is O=C1NC(Cc2ccc(OC[C@H]3CCCN3c3nc4ccccc4s3)cc2)C(=O)S1. The highest BCUT2D eigenvalue weighted by molar-refractivity contribution is 8.26. The first-order valence-corrected chi connectivity index (χ1v) is 11.7. The number of aromatic nitrogens is 1. The Balaban J connectivity index is 1.20. The minimum absolute atomic E-state index is 0.114. The summed E-state index contributed by atoms with van der Waals surface area (Å²) < 4.78 is 7.29. The summed E-state index contributed by atoms with van der Waals surface area (Å²) in [5.74, 6) is 0.811. The van der Waals surface area contributed by atoms with Gasteiger partial charge in [-0.25, -0.2) is 4.98 Å². The Hall–Kier alpha value is -2.58. The van der Waals surface area contributed by atoms with E-state index in [2.05, 4.69) is 22.3 Å². The van der Waals surface area contributed by atoms with E-state index in [-0.39, 0.29) is 10.4 Å². The van der Waals surface area contributed by atoms with Gasteiger partial charge in [-0.05, 0) is 42.7 Å². The van der Waals surface area contributed by atoms with Crippen molar-refractivity contribution in [2.24, 2.45) is 0 Å². The Morgan fingerprint density at radius 1 is 1.13 bits per heavy atom. The van der Waals surface area contributed by atoms with E-state index in [1.807, 2.05) is 36.4 Å². The molecule has 2 aliphatic rings. The second kappa shape index (κ2) is 8.28. The Bertz CT molecular complexity index is 1050. The molecule has 30 heavy (non-hydrogen) atoms. The molecule has 154 valence electrons. The molecule has 2 atom stereocenters. The van der Waals surface area contributed by atoms with Crippen LogP contribution in [0.15, 0.2) is 48.5 Å². The quantitative estimate of drug-likeness (QED) is 0.620. The first-order chi connectivity index (χ1) is 14.7. The third kappa shape index (κ3) is 4.02. The summed E-state index contributed by atoms with van der Waals surface area (Å²) in [6.07, 6.45) is 2.74. The number of ether oxygens (including phenoxy) is 1. The zero-order valence-electron chi connectivity index (χ0n) is 16.2. The van der Waals surface area contributed by atoms with Crippen molar-refractivity contribution in [2.75, 3.05) is 18.1 Å². The molecule has 2 aliphatic heterocycles. The predicted molar refractivity (Wildman–Crippen MR) is 121 cm³/mol. The van der Waals surface area contributed by atoms with Crippen LogP contribution in [0.3, 0.4) is 0 Å². The van der Waals surface area contributed by atoms with Gasteiger partial charge in [0, 0.05) is 24.7 Å². The maximum absolute atomic E-state index is 11.8. The van der Waals surface area contributed by atoms with Gasteiger partial charge in [0.2, 0.25) is 5.12 Å². The zero-order chi connectivity index (χ0) is 20.5. The van der Waals surface area contributed by atoms with Crippen LogP contribution in [0.5, 0.6) is 5.75 Å². The molecule has 0 aliphatic carbocycles. The molecule has 3 aromatic rings. The van der Waals surface area contributed by atoms with E-state index in [0.29, 0.717) is 19.1 Å². The molecule has 0 spiro atoms. The van der Waals surface area contributed by atoms with Gasteiger partial charge in [-0.15, -0.1) is 0 Å². The third-order valence-corrected chi connectivity index (χ3v) is 7.34. The van der Waals surface area contributed by atoms with Crippen LogP contribution in [0.2, 0.25) is 0 Å². The fourth-order valence-corrected chi connectivity index (χ4v) is 5.65. The third-order valence-electron chi connectivity index (χ3n) is 5.48. The fourth-order valence-electron chi connectivity index (χ4n) is 3.92. The van der Waals surface area contributed by atoms with Gasteiger partial charge in [0.25, 0.3) is 5.24 Å². The lowest BCUT2D eigenvalue weighted by molar-refractivity contribution is -0.112. The predicted octanol–water partition coefficient (Wildman–Crippen LogP) is 4.24. The highest BCUT2D eigenvalue weighted by atomic mass is 32.2. The van der Waals surface area contributed by atoms with Crippen LogP contribution in [-0.4, -0.2) is 40.6 Å². The summed E-state index contributed by atoms with van der Waals surface area (Å²) in [6.45, 7) is 1.62. The van der Waals surface area contributed by atoms with Gasteiger partial charge >= 0.3 is 0 Å². The number of rotatable bonds is 6. The molecule has 1 aromatic heterocycles. The van der Waals surface area contributed by atoms with Crippen molar-refractivity contribution >= 4 is 48.8 Å². The summed E-state index contributed by atoms with van der Waals surface area (Å²) in [7, 11) is 0. The lowest BCUT2D eigenvalue weighted by Gasteiger charge is -2.24. The van der Waals surface area contributed by atoms with Gasteiger partial charge in [0.15, 0.2) is 5.13 Å². The number of fused-ring (bicyclic) bond motifs is 1. The van der Waals surface area contributed by atoms with Crippen molar-refractivity contribution < 1.29 is 14.3 Å². The van der Waals surface area contributed by atoms with E-state index in [0.717, 1.165) is 53.1 Å². The number of hydrogen-bond acceptors (Lipinski definition) is 7. The number of anilines is 1. The van der Waals surface area contributed by atoms with Crippen molar-refractivity contribution in [1.82, 2.24) is 10.3 Å². The number of carbonyl (C=O) groups excluding carboxylic acids is 2. The molecule has 0 radical (unpaired) electrons. The molecule has 0 bridgehead atoms. The number of thioether (sulfide) groups is 1. The molecule has 0 saturated carbocycles. The Morgan fingerprint density at radius 3 is 2.73 bits per heavy atom. The Morgan fingerprint density at radius 2 is 1.97 bits per heavy atom. The molecular weight excluding hydrogens is 418 g/mol. The summed E-state index contributed by atoms with van der Waals surface area (Å²) in [5.41, 5.74) is 2.05. The summed E-state index contributed by atoms with van der Waals surface area (Å²) in [5, 5.41) is 3.38. The van der Waals surface area contributed by atoms with E-state index in [1.165, 1.54) is 4.70 Å². The Kier molecular flexibility index (Phi) is 5.35. The van der Waals surface area contributed by atoms with Gasteiger partial charge in [0.05, 0.1) is 16.3 Å². The standard InChI is InChI=1S/C22H21N3O3S2/c26-20-18(24-22(27)30-20)12-14-7-9-16(10-8-14)28-13-15-4-3-11-25(15)21-23-17-5-1-2-6-19(17)29-21/h1-2,5-10,15,18H,3-4,11-13H2,(H,24,27)/t15-,18?/m1/s1. The van der Waals surface area contributed by atoms with Crippen molar-refractivity contribution in [3.63, 3.8) is 0 Å². The van der Waals surface area contributed by atoms with Gasteiger partial charge in [0.1, 0.15) is 18.4 Å². The molecule has 1 unspecified atom stereocenters. The van der Waals surface area contributed by atoms with Crippen LogP contribution in [0.4, 0.5) is 9.93 Å². The summed E-state index contributed by atoms with van der Waals surface area (Å²) in [6, 6.07) is 15.9. The maximum Gasteiger partial charge on any atom is 0.287 e. The van der Waals surface area contributed by atoms with Crippen LogP contribution >= 0.6 is 23.1 Å². The largest absolute Gasteiger partial charge is 0.491 e. The molecule has 2 saturated heterocycles. The topological polar surface area (TPSA) is 71.5 Å². The number of carbonyl (C=O) groups is 2. The molecular formula is C22H21N3O3S2. The fraction of sp³-hybridized carbons (Fsp3) is 0.318. The number of amides is 1. The highest BCUT2D eigenvalue weighted by Gasteiger charge is 2.31. The van der Waals surface area contributed by atoms with Crippen LogP contribution < -0.4 is 15.0 Å². The second-order valence-corrected chi connectivity index (χ2v) is 9.50. The first-order valence-electron chi connectivity index (χ1n) is 10.0. The number of nitrogens with zero attached hydrogens (tertiary/aromatic N) is 2. The molecule has 1 N–H and O–H groups in total. The van der Waals surface area contributed by atoms with Gasteiger partial charge in [-0.1, -0.05) is 35.6 Å². The number of nitrogens with one attached hydrogen (secondary N) is 1. The van der Waals surface area contributed by atoms with Crippen molar-refractivity contribution in [3.8, 4) is 5.75 Å². The Labute approximate surface area is 182 Å². The average molecular weight is 440 g/mol. The number of thiazole rings is 1. The van der Waals surface area contributed by atoms with Gasteiger partial charge < -0.3 is 15.0 Å². The minimum atomic E-state index is -0.435. The van der Waals surface area contributed by atoms with Gasteiger partial charge in [-0.3, -0.25) is 9.59 Å². The normalized spacial score (nSPS) is 21.4. The first kappa shape index (κ1) is 19.4. The van der Waals surface area contributed by atoms with Crippen molar-refractivity contribution in [3.05, 3.63) is 54.1 Å². The average Bonchev–Trinajstić information content (AvgIpc) is 3.45. The molecule has 2 fully saturated rings. The molecule has 5 rings (SSSR count).